The second kappa shape index (κ2) is 6.96. The number of ether oxygens (including phenoxy) is 1. The van der Waals surface area contributed by atoms with Gasteiger partial charge in [-0.15, -0.1) is 0 Å². The summed E-state index contributed by atoms with van der Waals surface area (Å²) in [6.45, 7) is 3.01. The van der Waals surface area contributed by atoms with E-state index < -0.39 is 5.82 Å². The van der Waals surface area contributed by atoms with Crippen molar-refractivity contribution in [3.05, 3.63) is 29.6 Å². The zero-order valence-corrected chi connectivity index (χ0v) is 10.7. The first kappa shape index (κ1) is 14.4. The lowest BCUT2D eigenvalue weighted by molar-refractivity contribution is -0.120. The second-order valence-corrected chi connectivity index (χ2v) is 4.29. The second-order valence-electron chi connectivity index (χ2n) is 4.29. The Kier molecular flexibility index (Phi) is 5.58. The van der Waals surface area contributed by atoms with E-state index >= 15 is 0 Å². The van der Waals surface area contributed by atoms with Gasteiger partial charge in [0.05, 0.1) is 13.5 Å². The molecule has 0 aromatic heterocycles. The molecule has 0 aliphatic rings. The summed E-state index contributed by atoms with van der Waals surface area (Å²) in [6, 6.07) is 4.50. The number of amides is 1. The molecule has 0 fully saturated rings. The molecule has 0 aliphatic heterocycles. The summed E-state index contributed by atoms with van der Waals surface area (Å²) in [6.07, 6.45) is 0.151. The lowest BCUT2D eigenvalue weighted by Crippen LogP contribution is -2.32. The van der Waals surface area contributed by atoms with E-state index in [-0.39, 0.29) is 24.0 Å². The molecule has 1 aromatic carbocycles. The number of rotatable bonds is 6. The Bertz CT molecular complexity index is 410. The Morgan fingerprint density at radius 2 is 2.28 bits per heavy atom. The van der Waals surface area contributed by atoms with E-state index in [0.29, 0.717) is 18.7 Å². The third kappa shape index (κ3) is 4.33. The van der Waals surface area contributed by atoms with E-state index in [1.54, 1.807) is 6.07 Å². The first-order valence-corrected chi connectivity index (χ1v) is 5.86. The summed E-state index contributed by atoms with van der Waals surface area (Å²) in [5.74, 6) is -0.185. The molecule has 4 nitrogen and oxygen atoms in total. The minimum absolute atomic E-state index is 0.139. The van der Waals surface area contributed by atoms with Crippen LogP contribution in [0.5, 0.6) is 5.75 Å². The lowest BCUT2D eigenvalue weighted by Gasteiger charge is -2.10. The van der Waals surface area contributed by atoms with Crippen LogP contribution in [-0.2, 0) is 11.2 Å². The van der Waals surface area contributed by atoms with Crippen LogP contribution in [-0.4, -0.2) is 26.1 Å². The maximum Gasteiger partial charge on any atom is 0.224 e. The van der Waals surface area contributed by atoms with Gasteiger partial charge in [0.2, 0.25) is 5.91 Å². The molecule has 0 saturated heterocycles. The SMILES string of the molecule is COc1ccc(CC(=O)NCC(C)CN)cc1F. The number of benzene rings is 1. The van der Waals surface area contributed by atoms with Crippen molar-refractivity contribution in [1.82, 2.24) is 5.32 Å². The number of carbonyl (C=O) groups is 1. The quantitative estimate of drug-likeness (QED) is 0.798. The highest BCUT2D eigenvalue weighted by atomic mass is 19.1. The molecule has 1 aromatic rings. The van der Waals surface area contributed by atoms with Gasteiger partial charge in [0.25, 0.3) is 0 Å². The van der Waals surface area contributed by atoms with Gasteiger partial charge in [0, 0.05) is 6.54 Å². The lowest BCUT2D eigenvalue weighted by atomic mass is 10.1. The fraction of sp³-hybridized carbons (Fsp3) is 0.462. The molecule has 100 valence electrons. The number of nitrogens with two attached hydrogens (primary N) is 1. The number of methoxy groups -OCH3 is 1. The van der Waals surface area contributed by atoms with Crippen molar-refractivity contribution in [2.24, 2.45) is 11.7 Å². The Balaban J connectivity index is 2.52. The Hall–Kier alpha value is -1.62. The molecular weight excluding hydrogens is 235 g/mol. The Labute approximate surface area is 106 Å². The zero-order chi connectivity index (χ0) is 13.5. The smallest absolute Gasteiger partial charge is 0.224 e. The van der Waals surface area contributed by atoms with Gasteiger partial charge in [-0.1, -0.05) is 13.0 Å². The number of nitrogens with one attached hydrogen (secondary N) is 1. The molecule has 0 aliphatic carbocycles. The van der Waals surface area contributed by atoms with E-state index in [2.05, 4.69) is 5.32 Å². The van der Waals surface area contributed by atoms with E-state index in [4.69, 9.17) is 10.5 Å². The van der Waals surface area contributed by atoms with Crippen LogP contribution in [0.1, 0.15) is 12.5 Å². The largest absolute Gasteiger partial charge is 0.494 e. The highest BCUT2D eigenvalue weighted by Gasteiger charge is 2.08. The van der Waals surface area contributed by atoms with Crippen molar-refractivity contribution in [3.63, 3.8) is 0 Å². The van der Waals surface area contributed by atoms with Crippen LogP contribution in [0.15, 0.2) is 18.2 Å². The van der Waals surface area contributed by atoms with Crippen LogP contribution in [0.2, 0.25) is 0 Å². The predicted molar refractivity (Wildman–Crippen MR) is 67.9 cm³/mol. The molecule has 0 saturated carbocycles. The predicted octanol–water partition coefficient (Wildman–Crippen LogP) is 1.09. The number of carbonyl (C=O) groups excluding carboxylic acids is 1. The molecule has 1 rings (SSSR count). The highest BCUT2D eigenvalue weighted by Crippen LogP contribution is 2.17. The maximum absolute atomic E-state index is 13.4. The van der Waals surface area contributed by atoms with Gasteiger partial charge in [-0.2, -0.15) is 0 Å². The third-order valence-corrected chi connectivity index (χ3v) is 2.63. The topological polar surface area (TPSA) is 64.3 Å². The molecule has 1 unspecified atom stereocenters. The summed E-state index contributed by atoms with van der Waals surface area (Å²) in [5, 5.41) is 2.76. The average Bonchev–Trinajstić information content (AvgIpc) is 2.36. The Morgan fingerprint density at radius 1 is 1.56 bits per heavy atom. The number of halogens is 1. The van der Waals surface area contributed by atoms with Crippen LogP contribution in [0.3, 0.4) is 0 Å². The minimum atomic E-state index is -0.460. The molecule has 5 heteroatoms. The first-order valence-electron chi connectivity index (χ1n) is 5.86. The van der Waals surface area contributed by atoms with Crippen molar-refractivity contribution in [3.8, 4) is 5.75 Å². The zero-order valence-electron chi connectivity index (χ0n) is 10.7. The maximum atomic E-state index is 13.4. The van der Waals surface area contributed by atoms with Gasteiger partial charge in [-0.25, -0.2) is 4.39 Å². The highest BCUT2D eigenvalue weighted by molar-refractivity contribution is 5.78. The molecule has 0 heterocycles. The minimum Gasteiger partial charge on any atom is -0.494 e. The molecule has 1 amide bonds. The summed E-state index contributed by atoms with van der Waals surface area (Å²) in [7, 11) is 1.40. The number of hydrogen-bond donors (Lipinski definition) is 2. The normalized spacial score (nSPS) is 12.0. The Morgan fingerprint density at radius 3 is 2.83 bits per heavy atom. The van der Waals surface area contributed by atoms with Crippen LogP contribution in [0, 0.1) is 11.7 Å². The van der Waals surface area contributed by atoms with Gasteiger partial charge in [0.15, 0.2) is 11.6 Å². The molecule has 0 radical (unpaired) electrons. The monoisotopic (exact) mass is 254 g/mol. The molecular formula is C13H19FN2O2. The van der Waals surface area contributed by atoms with Crippen LogP contribution in [0.25, 0.3) is 0 Å². The summed E-state index contributed by atoms with van der Waals surface area (Å²) < 4.78 is 18.2. The van der Waals surface area contributed by atoms with Crippen LogP contribution in [0.4, 0.5) is 4.39 Å². The van der Waals surface area contributed by atoms with E-state index in [1.165, 1.54) is 19.2 Å². The molecule has 1 atom stereocenters. The van der Waals surface area contributed by atoms with E-state index in [9.17, 15) is 9.18 Å². The summed E-state index contributed by atoms with van der Waals surface area (Å²) >= 11 is 0. The van der Waals surface area contributed by atoms with Gasteiger partial charge >= 0.3 is 0 Å². The van der Waals surface area contributed by atoms with Gasteiger partial charge in [0.1, 0.15) is 0 Å². The van der Waals surface area contributed by atoms with Crippen molar-refractivity contribution in [2.75, 3.05) is 20.2 Å². The van der Waals surface area contributed by atoms with Gasteiger partial charge in [-0.3, -0.25) is 4.79 Å². The van der Waals surface area contributed by atoms with Crippen LogP contribution >= 0.6 is 0 Å². The van der Waals surface area contributed by atoms with Crippen molar-refractivity contribution < 1.29 is 13.9 Å². The standard InChI is InChI=1S/C13H19FN2O2/c1-9(7-15)8-16-13(17)6-10-3-4-12(18-2)11(14)5-10/h3-5,9H,6-8,15H2,1-2H3,(H,16,17). The average molecular weight is 254 g/mol. The van der Waals surface area contributed by atoms with Crippen LogP contribution < -0.4 is 15.8 Å². The molecule has 0 bridgehead atoms. The number of hydrogen-bond acceptors (Lipinski definition) is 3. The van der Waals surface area contributed by atoms with Gasteiger partial charge in [-0.05, 0) is 30.2 Å². The molecule has 0 spiro atoms. The first-order chi connectivity index (χ1) is 8.56. The summed E-state index contributed by atoms with van der Waals surface area (Å²) in [5.41, 5.74) is 6.06. The molecule has 18 heavy (non-hydrogen) atoms. The van der Waals surface area contributed by atoms with Crippen molar-refractivity contribution >= 4 is 5.91 Å². The molecule has 3 N–H and O–H groups in total. The summed E-state index contributed by atoms with van der Waals surface area (Å²) in [4.78, 5) is 11.6. The van der Waals surface area contributed by atoms with E-state index in [1.807, 2.05) is 6.92 Å². The van der Waals surface area contributed by atoms with E-state index in [0.717, 1.165) is 0 Å². The van der Waals surface area contributed by atoms with Crippen molar-refractivity contribution in [1.29, 1.82) is 0 Å². The fourth-order valence-corrected chi connectivity index (χ4v) is 1.44. The fourth-order valence-electron chi connectivity index (χ4n) is 1.44. The third-order valence-electron chi connectivity index (χ3n) is 2.63. The van der Waals surface area contributed by atoms with Gasteiger partial charge < -0.3 is 15.8 Å². The van der Waals surface area contributed by atoms with Crippen molar-refractivity contribution in [2.45, 2.75) is 13.3 Å².